The molecular formula is C13H13NO2S. The summed E-state index contributed by atoms with van der Waals surface area (Å²) >= 11 is 0. The lowest BCUT2D eigenvalue weighted by atomic mass is 10.3. The molecule has 0 saturated carbocycles. The van der Waals surface area contributed by atoms with Gasteiger partial charge in [-0.1, -0.05) is 18.2 Å². The van der Waals surface area contributed by atoms with Gasteiger partial charge in [0.25, 0.3) is 0 Å². The molecule has 0 bridgehead atoms. The molecule has 0 saturated heterocycles. The first-order valence-electron chi connectivity index (χ1n) is 5.17. The molecule has 0 aliphatic carbocycles. The summed E-state index contributed by atoms with van der Waals surface area (Å²) in [4.78, 5) is 0.753. The Labute approximate surface area is 103 Å². The number of hydrogen-bond donors (Lipinski definition) is 1. The predicted octanol–water partition coefficient (Wildman–Crippen LogP) is 2.83. The average molecular weight is 247 g/mol. The maximum atomic E-state index is 11.9. The van der Waals surface area contributed by atoms with Gasteiger partial charge in [0.15, 0.2) is 0 Å². The fraction of sp³-hybridized carbons (Fsp3) is 0.0769. The quantitative estimate of drug-likeness (QED) is 0.902. The van der Waals surface area contributed by atoms with Crippen molar-refractivity contribution in [2.75, 3.05) is 11.8 Å². The van der Waals surface area contributed by atoms with Crippen molar-refractivity contribution >= 4 is 16.7 Å². The molecule has 0 fully saturated rings. The van der Waals surface area contributed by atoms with E-state index in [2.05, 4.69) is 4.72 Å². The summed E-state index contributed by atoms with van der Waals surface area (Å²) in [6.45, 7) is 0. The van der Waals surface area contributed by atoms with Gasteiger partial charge in [0.05, 0.1) is 12.0 Å². The predicted molar refractivity (Wildman–Crippen MR) is 69.5 cm³/mol. The lowest BCUT2D eigenvalue weighted by Gasteiger charge is -2.06. The fourth-order valence-electron chi connectivity index (χ4n) is 1.37. The Bertz CT molecular complexity index is 497. The van der Waals surface area contributed by atoms with E-state index in [1.54, 1.807) is 7.11 Å². The number of hydrogen-bond acceptors (Lipinski definition) is 2. The van der Waals surface area contributed by atoms with Crippen LogP contribution < -0.4 is 9.46 Å². The number of nitrogens with one attached hydrogen (secondary N) is 1. The first-order chi connectivity index (χ1) is 8.29. The van der Waals surface area contributed by atoms with Crippen LogP contribution in [-0.2, 0) is 11.0 Å². The molecular weight excluding hydrogens is 234 g/mol. The minimum atomic E-state index is -1.23. The summed E-state index contributed by atoms with van der Waals surface area (Å²) in [5.74, 6) is 0.779. The standard InChI is InChI=1S/C13H13NO2S/c1-16-12-9-7-11(8-10-12)14-17(15)13-5-3-2-4-6-13/h2-10,14H,1H3/t17-/m0/s1. The van der Waals surface area contributed by atoms with E-state index in [9.17, 15) is 4.21 Å². The maximum Gasteiger partial charge on any atom is 0.150 e. The summed E-state index contributed by atoms with van der Waals surface area (Å²) in [5, 5.41) is 0. The molecule has 0 spiro atoms. The van der Waals surface area contributed by atoms with Crippen LogP contribution in [0.3, 0.4) is 0 Å². The van der Waals surface area contributed by atoms with Crippen molar-refractivity contribution in [2.24, 2.45) is 0 Å². The average Bonchev–Trinajstić information content (AvgIpc) is 2.40. The zero-order valence-corrected chi connectivity index (χ0v) is 10.2. The highest BCUT2D eigenvalue weighted by atomic mass is 32.2. The van der Waals surface area contributed by atoms with Crippen molar-refractivity contribution in [1.29, 1.82) is 0 Å². The third-order valence-corrected chi connectivity index (χ3v) is 3.38. The van der Waals surface area contributed by atoms with E-state index in [1.165, 1.54) is 0 Å². The van der Waals surface area contributed by atoms with Gasteiger partial charge in [0, 0.05) is 5.69 Å². The molecule has 17 heavy (non-hydrogen) atoms. The van der Waals surface area contributed by atoms with Gasteiger partial charge in [0.2, 0.25) is 0 Å². The maximum absolute atomic E-state index is 11.9. The van der Waals surface area contributed by atoms with Crippen LogP contribution in [0, 0.1) is 0 Å². The van der Waals surface area contributed by atoms with Crippen LogP contribution in [0.4, 0.5) is 5.69 Å². The third-order valence-electron chi connectivity index (χ3n) is 2.26. The molecule has 0 aliphatic heterocycles. The van der Waals surface area contributed by atoms with Gasteiger partial charge >= 0.3 is 0 Å². The minimum Gasteiger partial charge on any atom is -0.497 e. The van der Waals surface area contributed by atoms with Crippen molar-refractivity contribution in [3.63, 3.8) is 0 Å². The highest BCUT2D eigenvalue weighted by molar-refractivity contribution is 7.86. The smallest absolute Gasteiger partial charge is 0.150 e. The van der Waals surface area contributed by atoms with Crippen LogP contribution in [0.25, 0.3) is 0 Å². The Balaban J connectivity index is 2.08. The van der Waals surface area contributed by atoms with Gasteiger partial charge in [-0.25, -0.2) is 4.21 Å². The Kier molecular flexibility index (Phi) is 3.77. The Morgan fingerprint density at radius 2 is 1.65 bits per heavy atom. The first-order valence-corrected chi connectivity index (χ1v) is 6.32. The summed E-state index contributed by atoms with van der Waals surface area (Å²) in [5.41, 5.74) is 0.799. The molecule has 0 aliphatic rings. The molecule has 2 aromatic rings. The molecule has 2 rings (SSSR count). The number of benzene rings is 2. The van der Waals surface area contributed by atoms with Crippen LogP contribution in [0.2, 0.25) is 0 Å². The van der Waals surface area contributed by atoms with Gasteiger partial charge in [0.1, 0.15) is 16.7 Å². The summed E-state index contributed by atoms with van der Waals surface area (Å²) < 4.78 is 19.9. The van der Waals surface area contributed by atoms with Crippen molar-refractivity contribution in [1.82, 2.24) is 0 Å². The molecule has 0 aromatic heterocycles. The zero-order valence-electron chi connectivity index (χ0n) is 9.42. The Hall–Kier alpha value is -1.81. The van der Waals surface area contributed by atoms with Gasteiger partial charge in [-0.15, -0.1) is 0 Å². The second-order valence-corrected chi connectivity index (χ2v) is 4.63. The van der Waals surface area contributed by atoms with E-state index in [0.717, 1.165) is 16.3 Å². The summed E-state index contributed by atoms with van der Waals surface area (Å²) in [6, 6.07) is 16.6. The highest BCUT2D eigenvalue weighted by Crippen LogP contribution is 2.17. The molecule has 2 aromatic carbocycles. The van der Waals surface area contributed by atoms with Crippen molar-refractivity contribution in [3.8, 4) is 5.75 Å². The molecule has 3 nitrogen and oxygen atoms in total. The number of methoxy groups -OCH3 is 1. The van der Waals surface area contributed by atoms with Crippen LogP contribution in [0.15, 0.2) is 59.5 Å². The minimum absolute atomic E-state index is 0.753. The normalized spacial score (nSPS) is 11.8. The van der Waals surface area contributed by atoms with Crippen LogP contribution in [0.1, 0.15) is 0 Å². The zero-order chi connectivity index (χ0) is 12.1. The van der Waals surface area contributed by atoms with Crippen molar-refractivity contribution in [2.45, 2.75) is 4.90 Å². The second kappa shape index (κ2) is 5.50. The van der Waals surface area contributed by atoms with Gasteiger partial charge < -0.3 is 9.46 Å². The third kappa shape index (κ3) is 3.07. The highest BCUT2D eigenvalue weighted by Gasteiger charge is 2.02. The van der Waals surface area contributed by atoms with E-state index in [0.29, 0.717) is 0 Å². The van der Waals surface area contributed by atoms with E-state index in [1.807, 2.05) is 54.6 Å². The van der Waals surface area contributed by atoms with E-state index < -0.39 is 11.0 Å². The van der Waals surface area contributed by atoms with Crippen molar-refractivity contribution in [3.05, 3.63) is 54.6 Å². The molecule has 88 valence electrons. The molecule has 0 amide bonds. The topological polar surface area (TPSA) is 38.3 Å². The van der Waals surface area contributed by atoms with E-state index in [4.69, 9.17) is 4.74 Å². The molecule has 1 N–H and O–H groups in total. The molecule has 0 radical (unpaired) electrons. The monoisotopic (exact) mass is 247 g/mol. The molecule has 0 unspecified atom stereocenters. The van der Waals surface area contributed by atoms with Gasteiger partial charge in [-0.2, -0.15) is 0 Å². The van der Waals surface area contributed by atoms with E-state index >= 15 is 0 Å². The van der Waals surface area contributed by atoms with Crippen molar-refractivity contribution < 1.29 is 8.95 Å². The lowest BCUT2D eigenvalue weighted by molar-refractivity contribution is 0.415. The Morgan fingerprint density at radius 1 is 1.00 bits per heavy atom. The Morgan fingerprint density at radius 3 is 2.24 bits per heavy atom. The summed E-state index contributed by atoms with van der Waals surface area (Å²) in [7, 11) is 0.382. The molecule has 1 atom stereocenters. The van der Waals surface area contributed by atoms with E-state index in [-0.39, 0.29) is 0 Å². The number of ether oxygens (including phenoxy) is 1. The second-order valence-electron chi connectivity index (χ2n) is 3.41. The lowest BCUT2D eigenvalue weighted by Crippen LogP contribution is -2.04. The first kappa shape index (κ1) is 11.7. The SMILES string of the molecule is COc1ccc(N[S@@](=O)c2ccccc2)cc1. The van der Waals surface area contributed by atoms with Gasteiger partial charge in [-0.05, 0) is 36.4 Å². The van der Waals surface area contributed by atoms with Crippen LogP contribution >= 0.6 is 0 Å². The number of rotatable bonds is 4. The van der Waals surface area contributed by atoms with Crippen LogP contribution in [0.5, 0.6) is 5.75 Å². The van der Waals surface area contributed by atoms with Gasteiger partial charge in [-0.3, -0.25) is 0 Å². The number of anilines is 1. The van der Waals surface area contributed by atoms with Crippen LogP contribution in [-0.4, -0.2) is 11.3 Å². The molecule has 4 heteroatoms. The fourth-order valence-corrected chi connectivity index (χ4v) is 2.24. The summed E-state index contributed by atoms with van der Waals surface area (Å²) in [6.07, 6.45) is 0. The largest absolute Gasteiger partial charge is 0.497 e. The molecule has 0 heterocycles.